The summed E-state index contributed by atoms with van der Waals surface area (Å²) in [5, 5.41) is 3.14. The average molecular weight is 278 g/mol. The van der Waals surface area contributed by atoms with Crippen LogP contribution in [0.2, 0.25) is 0 Å². The van der Waals surface area contributed by atoms with E-state index >= 15 is 0 Å². The average Bonchev–Trinajstić information content (AvgIpc) is 2.91. The Bertz CT molecular complexity index is 472. The normalized spacial score (nSPS) is 16.1. The van der Waals surface area contributed by atoms with Gasteiger partial charge < -0.3 is 15.0 Å². The van der Waals surface area contributed by atoms with Gasteiger partial charge in [0.05, 0.1) is 6.61 Å². The second kappa shape index (κ2) is 6.54. The maximum Gasteiger partial charge on any atom is 0.244 e. The number of nitrogens with one attached hydrogen (secondary N) is 1. The van der Waals surface area contributed by atoms with Crippen molar-refractivity contribution in [2.75, 3.05) is 25.0 Å². The number of rotatable bonds is 5. The highest BCUT2D eigenvalue weighted by Crippen LogP contribution is 2.16. The molecule has 1 aromatic rings. The highest BCUT2D eigenvalue weighted by atomic mass is 16.5. The zero-order chi connectivity index (χ0) is 14.5. The summed E-state index contributed by atoms with van der Waals surface area (Å²) in [7, 11) is 0. The molecule has 20 heavy (non-hydrogen) atoms. The molecule has 1 aliphatic rings. The SMILES string of the molecule is CCOc1cc(NC(C)C(=O)N2CCCC2)nc(C)n1. The highest BCUT2D eigenvalue weighted by Gasteiger charge is 2.23. The number of hydrogen-bond donors (Lipinski definition) is 1. The number of carbonyl (C=O) groups is 1. The Labute approximate surface area is 119 Å². The van der Waals surface area contributed by atoms with E-state index in [9.17, 15) is 4.79 Å². The first-order chi connectivity index (χ1) is 9.60. The van der Waals surface area contributed by atoms with Crippen molar-refractivity contribution < 1.29 is 9.53 Å². The van der Waals surface area contributed by atoms with Gasteiger partial charge in [-0.15, -0.1) is 0 Å². The van der Waals surface area contributed by atoms with Crippen LogP contribution in [-0.2, 0) is 4.79 Å². The summed E-state index contributed by atoms with van der Waals surface area (Å²) >= 11 is 0. The van der Waals surface area contributed by atoms with E-state index in [1.807, 2.05) is 18.7 Å². The highest BCUT2D eigenvalue weighted by molar-refractivity contribution is 5.84. The predicted octanol–water partition coefficient (Wildman–Crippen LogP) is 1.61. The van der Waals surface area contributed by atoms with Gasteiger partial charge in [-0.2, -0.15) is 4.98 Å². The molecular weight excluding hydrogens is 256 g/mol. The first-order valence-electron chi connectivity index (χ1n) is 7.14. The Morgan fingerprint density at radius 3 is 2.80 bits per heavy atom. The lowest BCUT2D eigenvalue weighted by molar-refractivity contribution is -0.130. The van der Waals surface area contributed by atoms with Crippen molar-refractivity contribution in [3.63, 3.8) is 0 Å². The number of aryl methyl sites for hydroxylation is 1. The molecule has 1 unspecified atom stereocenters. The maximum absolute atomic E-state index is 12.2. The van der Waals surface area contributed by atoms with Crippen LogP contribution >= 0.6 is 0 Å². The van der Waals surface area contributed by atoms with Crippen molar-refractivity contribution >= 4 is 11.7 Å². The molecule has 2 heterocycles. The lowest BCUT2D eigenvalue weighted by Gasteiger charge is -2.21. The standard InChI is InChI=1S/C14H22N4O2/c1-4-20-13-9-12(16-11(3)17-13)15-10(2)14(19)18-7-5-6-8-18/h9-10H,4-8H2,1-3H3,(H,15,16,17). The van der Waals surface area contributed by atoms with Gasteiger partial charge in [0.1, 0.15) is 17.7 Å². The minimum atomic E-state index is -0.295. The van der Waals surface area contributed by atoms with Gasteiger partial charge in [0.15, 0.2) is 0 Å². The van der Waals surface area contributed by atoms with E-state index in [1.165, 1.54) is 0 Å². The number of hydrogen-bond acceptors (Lipinski definition) is 5. The van der Waals surface area contributed by atoms with E-state index < -0.39 is 0 Å². The van der Waals surface area contributed by atoms with Gasteiger partial charge in [0.25, 0.3) is 0 Å². The van der Waals surface area contributed by atoms with Gasteiger partial charge in [-0.3, -0.25) is 4.79 Å². The summed E-state index contributed by atoms with van der Waals surface area (Å²) in [5.74, 6) is 1.90. The first kappa shape index (κ1) is 14.6. The fourth-order valence-corrected chi connectivity index (χ4v) is 2.33. The number of ether oxygens (including phenoxy) is 1. The fourth-order valence-electron chi connectivity index (χ4n) is 2.33. The Balaban J connectivity index is 2.02. The van der Waals surface area contributed by atoms with E-state index in [-0.39, 0.29) is 11.9 Å². The van der Waals surface area contributed by atoms with Crippen molar-refractivity contribution in [3.05, 3.63) is 11.9 Å². The Morgan fingerprint density at radius 2 is 2.15 bits per heavy atom. The van der Waals surface area contributed by atoms with Gasteiger partial charge in [0, 0.05) is 19.2 Å². The van der Waals surface area contributed by atoms with Crippen LogP contribution < -0.4 is 10.1 Å². The number of nitrogens with zero attached hydrogens (tertiary/aromatic N) is 3. The number of aromatic nitrogens is 2. The van der Waals surface area contributed by atoms with Crippen molar-refractivity contribution in [2.45, 2.75) is 39.7 Å². The number of likely N-dealkylation sites (tertiary alicyclic amines) is 1. The molecule has 6 nitrogen and oxygen atoms in total. The number of carbonyl (C=O) groups excluding carboxylic acids is 1. The number of amides is 1. The molecule has 0 bridgehead atoms. The zero-order valence-corrected chi connectivity index (χ0v) is 12.3. The first-order valence-corrected chi connectivity index (χ1v) is 7.14. The van der Waals surface area contributed by atoms with Crippen LogP contribution in [0.25, 0.3) is 0 Å². The van der Waals surface area contributed by atoms with Crippen molar-refractivity contribution in [3.8, 4) is 5.88 Å². The second-order valence-corrected chi connectivity index (χ2v) is 4.97. The van der Waals surface area contributed by atoms with Gasteiger partial charge >= 0.3 is 0 Å². The fraction of sp³-hybridized carbons (Fsp3) is 0.643. The Hall–Kier alpha value is -1.85. The zero-order valence-electron chi connectivity index (χ0n) is 12.3. The van der Waals surface area contributed by atoms with Crippen LogP contribution in [0, 0.1) is 6.92 Å². The molecule has 1 atom stereocenters. The van der Waals surface area contributed by atoms with E-state index in [0.29, 0.717) is 24.1 Å². The van der Waals surface area contributed by atoms with Gasteiger partial charge in [-0.1, -0.05) is 0 Å². The molecule has 1 saturated heterocycles. The molecule has 0 saturated carbocycles. The molecule has 0 aliphatic carbocycles. The lowest BCUT2D eigenvalue weighted by Crippen LogP contribution is -2.39. The summed E-state index contributed by atoms with van der Waals surface area (Å²) in [4.78, 5) is 22.6. The summed E-state index contributed by atoms with van der Waals surface area (Å²) in [6, 6.07) is 1.43. The molecule has 0 radical (unpaired) electrons. The summed E-state index contributed by atoms with van der Waals surface area (Å²) in [6.07, 6.45) is 2.19. The molecule has 1 N–H and O–H groups in total. The summed E-state index contributed by atoms with van der Waals surface area (Å²) in [6.45, 7) is 7.84. The smallest absolute Gasteiger partial charge is 0.244 e. The molecule has 1 fully saturated rings. The molecule has 1 aliphatic heterocycles. The van der Waals surface area contributed by atoms with Crippen LogP contribution in [0.5, 0.6) is 5.88 Å². The number of anilines is 1. The largest absolute Gasteiger partial charge is 0.478 e. The quantitative estimate of drug-likeness (QED) is 0.886. The minimum absolute atomic E-state index is 0.122. The maximum atomic E-state index is 12.2. The van der Waals surface area contributed by atoms with Crippen LogP contribution in [0.3, 0.4) is 0 Å². The molecule has 2 rings (SSSR count). The third-order valence-electron chi connectivity index (χ3n) is 3.26. The van der Waals surface area contributed by atoms with Crippen LogP contribution in [-0.4, -0.2) is 46.5 Å². The van der Waals surface area contributed by atoms with Crippen molar-refractivity contribution in [1.29, 1.82) is 0 Å². The molecule has 6 heteroatoms. The second-order valence-electron chi connectivity index (χ2n) is 4.97. The van der Waals surface area contributed by atoms with Crippen LogP contribution in [0.15, 0.2) is 6.07 Å². The van der Waals surface area contributed by atoms with Crippen molar-refractivity contribution in [2.24, 2.45) is 0 Å². The lowest BCUT2D eigenvalue weighted by atomic mass is 10.3. The third kappa shape index (κ3) is 3.59. The van der Waals surface area contributed by atoms with Gasteiger partial charge in [-0.05, 0) is 33.6 Å². The van der Waals surface area contributed by atoms with Gasteiger partial charge in [0.2, 0.25) is 11.8 Å². The molecule has 0 aromatic carbocycles. The monoisotopic (exact) mass is 278 g/mol. The molecular formula is C14H22N4O2. The molecule has 1 amide bonds. The molecule has 1 aromatic heterocycles. The van der Waals surface area contributed by atoms with Gasteiger partial charge in [-0.25, -0.2) is 4.98 Å². The summed E-state index contributed by atoms with van der Waals surface area (Å²) < 4.78 is 5.38. The topological polar surface area (TPSA) is 67.3 Å². The van der Waals surface area contributed by atoms with Crippen LogP contribution in [0.1, 0.15) is 32.5 Å². The van der Waals surface area contributed by atoms with Crippen LogP contribution in [0.4, 0.5) is 5.82 Å². The van der Waals surface area contributed by atoms with E-state index in [4.69, 9.17) is 4.74 Å². The van der Waals surface area contributed by atoms with E-state index in [2.05, 4.69) is 15.3 Å². The molecule has 0 spiro atoms. The van der Waals surface area contributed by atoms with E-state index in [1.54, 1.807) is 13.0 Å². The predicted molar refractivity (Wildman–Crippen MR) is 76.8 cm³/mol. The Kier molecular flexibility index (Phi) is 4.76. The molecule has 110 valence electrons. The van der Waals surface area contributed by atoms with E-state index in [0.717, 1.165) is 25.9 Å². The third-order valence-corrected chi connectivity index (χ3v) is 3.26. The Morgan fingerprint density at radius 1 is 1.45 bits per heavy atom. The minimum Gasteiger partial charge on any atom is -0.478 e. The van der Waals surface area contributed by atoms with Crippen molar-refractivity contribution in [1.82, 2.24) is 14.9 Å². The summed E-state index contributed by atoms with van der Waals surface area (Å²) in [5.41, 5.74) is 0.